The van der Waals surface area contributed by atoms with Gasteiger partial charge in [0.2, 0.25) is 0 Å². The average molecular weight is 333 g/mol. The third-order valence-electron chi connectivity index (χ3n) is 4.07. The summed E-state index contributed by atoms with van der Waals surface area (Å²) in [7, 11) is 0. The van der Waals surface area contributed by atoms with E-state index in [9.17, 15) is 0 Å². The normalized spacial score (nSPS) is 11.8. The maximum Gasteiger partial charge on any atom is 0.163 e. The highest BCUT2D eigenvalue weighted by atomic mass is 15.1. The van der Waals surface area contributed by atoms with Crippen LogP contribution in [0.2, 0.25) is 0 Å². The van der Waals surface area contributed by atoms with Crippen LogP contribution in [0.3, 0.4) is 0 Å². The van der Waals surface area contributed by atoms with Crippen LogP contribution >= 0.6 is 0 Å². The molecule has 1 atom stereocenters. The van der Waals surface area contributed by atoms with E-state index in [0.717, 1.165) is 34.9 Å². The quantitative estimate of drug-likeness (QED) is 0.712. The van der Waals surface area contributed by atoms with E-state index in [1.54, 1.807) is 12.4 Å². The van der Waals surface area contributed by atoms with Gasteiger partial charge in [-0.15, -0.1) is 0 Å². The van der Waals surface area contributed by atoms with Gasteiger partial charge in [-0.3, -0.25) is 4.98 Å². The van der Waals surface area contributed by atoms with Gasteiger partial charge in [-0.05, 0) is 45.0 Å². The molecule has 0 fully saturated rings. The van der Waals surface area contributed by atoms with Crippen LogP contribution in [0.25, 0.3) is 11.4 Å². The average Bonchev–Trinajstić information content (AvgIpc) is 2.64. The highest BCUT2D eigenvalue weighted by Crippen LogP contribution is 2.21. The Hall–Kier alpha value is -2.95. The number of hydrogen-bond donors (Lipinski definition) is 2. The van der Waals surface area contributed by atoms with Gasteiger partial charge in [0.1, 0.15) is 5.82 Å². The van der Waals surface area contributed by atoms with Crippen LogP contribution in [0.15, 0.2) is 54.9 Å². The molecule has 0 bridgehead atoms. The molecule has 25 heavy (non-hydrogen) atoms. The van der Waals surface area contributed by atoms with Crippen LogP contribution in [0.5, 0.6) is 0 Å². The van der Waals surface area contributed by atoms with Crippen molar-refractivity contribution in [3.8, 4) is 11.4 Å². The third kappa shape index (κ3) is 4.32. The SMILES string of the molecule is Cc1nc(-c2cccnc2)nc(NCC(C)Nc2ccccc2)c1C. The van der Waals surface area contributed by atoms with E-state index in [1.807, 2.05) is 44.2 Å². The zero-order chi connectivity index (χ0) is 17.6. The Morgan fingerprint density at radius 1 is 1.00 bits per heavy atom. The smallest absolute Gasteiger partial charge is 0.163 e. The first-order valence-electron chi connectivity index (χ1n) is 8.44. The number of hydrogen-bond acceptors (Lipinski definition) is 5. The monoisotopic (exact) mass is 333 g/mol. The molecule has 0 amide bonds. The van der Waals surface area contributed by atoms with E-state index in [2.05, 4.69) is 39.7 Å². The molecular formula is C20H23N5. The summed E-state index contributed by atoms with van der Waals surface area (Å²) in [5.41, 5.74) is 4.08. The van der Waals surface area contributed by atoms with Crippen molar-refractivity contribution in [2.45, 2.75) is 26.8 Å². The van der Waals surface area contributed by atoms with Crippen molar-refractivity contribution >= 4 is 11.5 Å². The lowest BCUT2D eigenvalue weighted by Gasteiger charge is -2.18. The Balaban J connectivity index is 1.72. The number of pyridine rings is 1. The van der Waals surface area contributed by atoms with Gasteiger partial charge in [0.05, 0.1) is 0 Å². The first-order chi connectivity index (χ1) is 12.1. The number of benzene rings is 1. The van der Waals surface area contributed by atoms with Crippen molar-refractivity contribution in [2.24, 2.45) is 0 Å². The first-order valence-corrected chi connectivity index (χ1v) is 8.44. The van der Waals surface area contributed by atoms with E-state index < -0.39 is 0 Å². The molecule has 1 unspecified atom stereocenters. The molecule has 1 aromatic carbocycles. The van der Waals surface area contributed by atoms with Crippen LogP contribution in [0.1, 0.15) is 18.2 Å². The van der Waals surface area contributed by atoms with Crippen LogP contribution in [0.4, 0.5) is 11.5 Å². The van der Waals surface area contributed by atoms with E-state index in [0.29, 0.717) is 5.82 Å². The van der Waals surface area contributed by atoms with Crippen LogP contribution in [-0.2, 0) is 0 Å². The van der Waals surface area contributed by atoms with Crippen molar-refractivity contribution in [1.82, 2.24) is 15.0 Å². The molecule has 0 aliphatic rings. The standard InChI is InChI=1S/C20H23N5/c1-14(23-18-9-5-4-6-10-18)12-22-19-15(2)16(3)24-20(25-19)17-8-7-11-21-13-17/h4-11,13-14,23H,12H2,1-3H3,(H,22,24,25). The van der Waals surface area contributed by atoms with E-state index in [1.165, 1.54) is 0 Å². The Bertz CT molecular complexity index is 818. The molecule has 0 saturated heterocycles. The molecule has 2 N–H and O–H groups in total. The van der Waals surface area contributed by atoms with Crippen molar-refractivity contribution in [2.75, 3.05) is 17.2 Å². The zero-order valence-corrected chi connectivity index (χ0v) is 14.8. The summed E-state index contributed by atoms with van der Waals surface area (Å²) < 4.78 is 0. The van der Waals surface area contributed by atoms with Gasteiger partial charge >= 0.3 is 0 Å². The number of nitrogens with one attached hydrogen (secondary N) is 2. The minimum absolute atomic E-state index is 0.263. The second-order valence-electron chi connectivity index (χ2n) is 6.14. The third-order valence-corrected chi connectivity index (χ3v) is 4.07. The van der Waals surface area contributed by atoms with Gasteiger partial charge in [0.15, 0.2) is 5.82 Å². The number of para-hydroxylation sites is 1. The molecule has 2 heterocycles. The minimum atomic E-state index is 0.263. The molecule has 2 aromatic heterocycles. The highest BCUT2D eigenvalue weighted by Gasteiger charge is 2.11. The maximum atomic E-state index is 4.69. The van der Waals surface area contributed by atoms with Crippen molar-refractivity contribution in [3.63, 3.8) is 0 Å². The minimum Gasteiger partial charge on any atom is -0.381 e. The second-order valence-corrected chi connectivity index (χ2v) is 6.14. The lowest BCUT2D eigenvalue weighted by molar-refractivity contribution is 0.829. The Labute approximate surface area is 148 Å². The summed E-state index contributed by atoms with van der Waals surface area (Å²) in [4.78, 5) is 13.4. The molecule has 0 radical (unpaired) electrons. The molecule has 0 saturated carbocycles. The predicted molar refractivity (Wildman–Crippen MR) is 103 cm³/mol. The van der Waals surface area contributed by atoms with Gasteiger partial charge in [-0.2, -0.15) is 0 Å². The van der Waals surface area contributed by atoms with Gasteiger partial charge in [-0.25, -0.2) is 9.97 Å². The van der Waals surface area contributed by atoms with Crippen LogP contribution in [-0.4, -0.2) is 27.5 Å². The molecule has 0 aliphatic carbocycles. The fourth-order valence-electron chi connectivity index (χ4n) is 2.54. The fourth-order valence-corrected chi connectivity index (χ4v) is 2.54. The lowest BCUT2D eigenvalue weighted by atomic mass is 10.2. The first kappa shape index (κ1) is 16.9. The fraction of sp³-hybridized carbons (Fsp3) is 0.250. The van der Waals surface area contributed by atoms with Crippen molar-refractivity contribution in [3.05, 3.63) is 66.1 Å². The largest absolute Gasteiger partial charge is 0.381 e. The lowest BCUT2D eigenvalue weighted by Crippen LogP contribution is -2.25. The van der Waals surface area contributed by atoms with Gasteiger partial charge in [0.25, 0.3) is 0 Å². The number of aryl methyl sites for hydroxylation is 1. The molecule has 5 heteroatoms. The number of aromatic nitrogens is 3. The Kier molecular flexibility index (Phi) is 5.23. The van der Waals surface area contributed by atoms with E-state index in [4.69, 9.17) is 4.98 Å². The number of nitrogens with zero attached hydrogens (tertiary/aromatic N) is 3. The summed E-state index contributed by atoms with van der Waals surface area (Å²) in [6.45, 7) is 6.96. The van der Waals surface area contributed by atoms with Gasteiger partial charge < -0.3 is 10.6 Å². The summed E-state index contributed by atoms with van der Waals surface area (Å²) in [6, 6.07) is 14.3. The van der Waals surface area contributed by atoms with Crippen molar-refractivity contribution in [1.29, 1.82) is 0 Å². The Morgan fingerprint density at radius 2 is 1.80 bits per heavy atom. The molecule has 0 spiro atoms. The van der Waals surface area contributed by atoms with Gasteiger partial charge in [-0.1, -0.05) is 18.2 Å². The van der Waals surface area contributed by atoms with Crippen LogP contribution in [0, 0.1) is 13.8 Å². The molecule has 5 nitrogen and oxygen atoms in total. The summed E-state index contributed by atoms with van der Waals surface area (Å²) in [5.74, 6) is 1.57. The maximum absolute atomic E-state index is 4.69. The van der Waals surface area contributed by atoms with Crippen LogP contribution < -0.4 is 10.6 Å². The topological polar surface area (TPSA) is 62.7 Å². The molecular weight excluding hydrogens is 310 g/mol. The predicted octanol–water partition coefficient (Wildman–Crippen LogP) is 4.07. The van der Waals surface area contributed by atoms with Gasteiger partial charge in [0, 0.05) is 47.5 Å². The number of rotatable bonds is 6. The zero-order valence-electron chi connectivity index (χ0n) is 14.8. The number of anilines is 2. The molecule has 3 aromatic rings. The molecule has 3 rings (SSSR count). The molecule has 0 aliphatic heterocycles. The Morgan fingerprint density at radius 3 is 2.52 bits per heavy atom. The second kappa shape index (κ2) is 7.75. The van der Waals surface area contributed by atoms with Crippen molar-refractivity contribution < 1.29 is 0 Å². The van der Waals surface area contributed by atoms with E-state index >= 15 is 0 Å². The molecule has 128 valence electrons. The van der Waals surface area contributed by atoms with E-state index in [-0.39, 0.29) is 6.04 Å². The summed E-state index contributed by atoms with van der Waals surface area (Å²) in [5, 5.41) is 6.93. The summed E-state index contributed by atoms with van der Waals surface area (Å²) >= 11 is 0. The highest BCUT2D eigenvalue weighted by molar-refractivity contribution is 5.58. The summed E-state index contributed by atoms with van der Waals surface area (Å²) in [6.07, 6.45) is 3.54.